The van der Waals surface area contributed by atoms with Gasteiger partial charge in [0.15, 0.2) is 5.78 Å². The molecule has 3 rings (SSSR count). The molecule has 0 spiro atoms. The normalized spacial score (nSPS) is 14.5. The van der Waals surface area contributed by atoms with Gasteiger partial charge in [-0.2, -0.15) is 0 Å². The zero-order valence-corrected chi connectivity index (χ0v) is 13.8. The SMILES string of the molecule is CC(=O)c1ccc(N2CCN(c3ccc(F)cc3)CC2)c([N+](=O)[O-])c1. The van der Waals surface area contributed by atoms with Crippen molar-refractivity contribution in [1.29, 1.82) is 0 Å². The second-order valence-electron chi connectivity index (χ2n) is 5.97. The molecule has 0 unspecified atom stereocenters. The third-order valence-corrected chi connectivity index (χ3v) is 4.39. The Kier molecular flexibility index (Phi) is 4.65. The van der Waals surface area contributed by atoms with Gasteiger partial charge in [0.2, 0.25) is 0 Å². The van der Waals surface area contributed by atoms with Crippen LogP contribution in [0.2, 0.25) is 0 Å². The minimum atomic E-state index is -0.450. The Hall–Kier alpha value is -2.96. The summed E-state index contributed by atoms with van der Waals surface area (Å²) in [5.74, 6) is -0.473. The second kappa shape index (κ2) is 6.88. The lowest BCUT2D eigenvalue weighted by Crippen LogP contribution is -2.46. The van der Waals surface area contributed by atoms with Gasteiger partial charge in [0, 0.05) is 43.5 Å². The molecule has 0 atom stereocenters. The molecule has 0 aliphatic carbocycles. The van der Waals surface area contributed by atoms with E-state index in [-0.39, 0.29) is 17.3 Å². The lowest BCUT2D eigenvalue weighted by molar-refractivity contribution is -0.384. The molecule has 1 heterocycles. The zero-order chi connectivity index (χ0) is 18.0. The minimum absolute atomic E-state index is 0.0528. The van der Waals surface area contributed by atoms with Crippen molar-refractivity contribution in [2.24, 2.45) is 0 Å². The summed E-state index contributed by atoms with van der Waals surface area (Å²) in [5.41, 5.74) is 1.74. The monoisotopic (exact) mass is 343 g/mol. The predicted octanol–water partition coefficient (Wildman–Crippen LogP) is 3.26. The lowest BCUT2D eigenvalue weighted by atomic mass is 10.1. The van der Waals surface area contributed by atoms with Crippen LogP contribution in [0.3, 0.4) is 0 Å². The van der Waals surface area contributed by atoms with E-state index in [9.17, 15) is 19.3 Å². The number of ketones is 1. The van der Waals surface area contributed by atoms with Crippen LogP contribution in [0.4, 0.5) is 21.5 Å². The number of hydrogen-bond donors (Lipinski definition) is 0. The molecule has 1 fully saturated rings. The van der Waals surface area contributed by atoms with E-state index in [0.29, 0.717) is 37.4 Å². The highest BCUT2D eigenvalue weighted by Gasteiger charge is 2.24. The third-order valence-electron chi connectivity index (χ3n) is 4.39. The summed E-state index contributed by atoms with van der Waals surface area (Å²) in [6.07, 6.45) is 0. The minimum Gasteiger partial charge on any atom is -0.368 e. The van der Waals surface area contributed by atoms with Crippen LogP contribution in [-0.2, 0) is 0 Å². The van der Waals surface area contributed by atoms with Gasteiger partial charge in [-0.1, -0.05) is 0 Å². The first-order valence-corrected chi connectivity index (χ1v) is 8.00. The van der Waals surface area contributed by atoms with Gasteiger partial charge in [-0.05, 0) is 43.3 Å². The van der Waals surface area contributed by atoms with Crippen LogP contribution in [0.5, 0.6) is 0 Å². The summed E-state index contributed by atoms with van der Waals surface area (Å²) >= 11 is 0. The number of rotatable bonds is 4. The van der Waals surface area contributed by atoms with Crippen molar-refractivity contribution in [3.05, 3.63) is 64.0 Å². The predicted molar refractivity (Wildman–Crippen MR) is 93.9 cm³/mol. The number of halogens is 1. The number of benzene rings is 2. The second-order valence-corrected chi connectivity index (χ2v) is 5.97. The van der Waals surface area contributed by atoms with Crippen LogP contribution in [0.25, 0.3) is 0 Å². The summed E-state index contributed by atoms with van der Waals surface area (Å²) in [4.78, 5) is 26.5. The third kappa shape index (κ3) is 3.60. The fourth-order valence-corrected chi connectivity index (χ4v) is 3.01. The number of piperazine rings is 1. The lowest BCUT2D eigenvalue weighted by Gasteiger charge is -2.37. The number of carbonyl (C=O) groups is 1. The number of carbonyl (C=O) groups excluding carboxylic acids is 1. The van der Waals surface area contributed by atoms with E-state index in [0.717, 1.165) is 5.69 Å². The topological polar surface area (TPSA) is 66.7 Å². The first-order chi connectivity index (χ1) is 12.0. The highest BCUT2D eigenvalue weighted by atomic mass is 19.1. The highest BCUT2D eigenvalue weighted by molar-refractivity contribution is 5.95. The number of Topliss-reactive ketones (excluding diaryl/α,β-unsaturated/α-hetero) is 1. The average molecular weight is 343 g/mol. The molecule has 0 saturated carbocycles. The maximum atomic E-state index is 13.0. The molecule has 1 aliphatic rings. The van der Waals surface area contributed by atoms with Crippen molar-refractivity contribution in [2.75, 3.05) is 36.0 Å². The molecular formula is C18H18FN3O3. The van der Waals surface area contributed by atoms with E-state index in [4.69, 9.17) is 0 Å². The molecule has 1 aliphatic heterocycles. The number of hydrogen-bond acceptors (Lipinski definition) is 5. The van der Waals surface area contributed by atoms with E-state index < -0.39 is 4.92 Å². The van der Waals surface area contributed by atoms with Crippen LogP contribution in [0, 0.1) is 15.9 Å². The summed E-state index contributed by atoms with van der Waals surface area (Å²) in [5, 5.41) is 11.4. The zero-order valence-electron chi connectivity index (χ0n) is 13.8. The van der Waals surface area contributed by atoms with Crippen LogP contribution in [-0.4, -0.2) is 36.9 Å². The Balaban J connectivity index is 1.77. The van der Waals surface area contributed by atoms with Crippen LogP contribution < -0.4 is 9.80 Å². The fraction of sp³-hybridized carbons (Fsp3) is 0.278. The van der Waals surface area contributed by atoms with Crippen molar-refractivity contribution in [2.45, 2.75) is 6.92 Å². The van der Waals surface area contributed by atoms with Gasteiger partial charge in [-0.15, -0.1) is 0 Å². The molecule has 2 aromatic rings. The van der Waals surface area contributed by atoms with Crippen LogP contribution in [0.15, 0.2) is 42.5 Å². The summed E-state index contributed by atoms with van der Waals surface area (Å²) in [6, 6.07) is 10.9. The molecule has 0 N–H and O–H groups in total. The standard InChI is InChI=1S/C18H18FN3O3/c1-13(23)14-2-7-17(18(12-14)22(24)25)21-10-8-20(9-11-21)16-5-3-15(19)4-6-16/h2-7,12H,8-11H2,1H3. The maximum Gasteiger partial charge on any atom is 0.293 e. The molecule has 0 bridgehead atoms. The fourth-order valence-electron chi connectivity index (χ4n) is 3.01. The van der Waals surface area contributed by atoms with Crippen molar-refractivity contribution in [1.82, 2.24) is 0 Å². The molecular weight excluding hydrogens is 325 g/mol. The van der Waals surface area contributed by atoms with Crippen molar-refractivity contribution >= 4 is 22.8 Å². The van der Waals surface area contributed by atoms with Crippen LogP contribution in [0.1, 0.15) is 17.3 Å². The first-order valence-electron chi connectivity index (χ1n) is 8.00. The molecule has 1 saturated heterocycles. The van der Waals surface area contributed by atoms with Crippen molar-refractivity contribution in [3.8, 4) is 0 Å². The largest absolute Gasteiger partial charge is 0.368 e. The summed E-state index contributed by atoms with van der Waals surface area (Å²) in [6.45, 7) is 3.96. The summed E-state index contributed by atoms with van der Waals surface area (Å²) < 4.78 is 13.0. The van der Waals surface area contributed by atoms with Gasteiger partial charge in [-0.25, -0.2) is 4.39 Å². The molecule has 2 aromatic carbocycles. The van der Waals surface area contributed by atoms with Crippen molar-refractivity contribution in [3.63, 3.8) is 0 Å². The van der Waals surface area contributed by atoms with Gasteiger partial charge < -0.3 is 9.80 Å². The van der Waals surface area contributed by atoms with Gasteiger partial charge in [-0.3, -0.25) is 14.9 Å². The number of nitro groups is 1. The van der Waals surface area contributed by atoms with Gasteiger partial charge in [0.25, 0.3) is 5.69 Å². The van der Waals surface area contributed by atoms with E-state index in [2.05, 4.69) is 4.90 Å². The quantitative estimate of drug-likeness (QED) is 0.484. The van der Waals surface area contributed by atoms with Gasteiger partial charge >= 0.3 is 0 Å². The van der Waals surface area contributed by atoms with E-state index in [1.807, 2.05) is 4.90 Å². The van der Waals surface area contributed by atoms with Gasteiger partial charge in [0.05, 0.1) is 4.92 Å². The van der Waals surface area contributed by atoms with E-state index in [1.54, 1.807) is 24.3 Å². The molecule has 130 valence electrons. The number of nitrogens with zero attached hydrogens (tertiary/aromatic N) is 3. The number of nitro benzene ring substituents is 1. The molecule has 6 nitrogen and oxygen atoms in total. The van der Waals surface area contributed by atoms with E-state index >= 15 is 0 Å². The van der Waals surface area contributed by atoms with Crippen LogP contribution >= 0.6 is 0 Å². The Bertz CT molecular complexity index is 800. The molecule has 0 radical (unpaired) electrons. The Labute approximate surface area is 144 Å². The molecule has 7 heteroatoms. The molecule has 0 aromatic heterocycles. The first kappa shape index (κ1) is 16.9. The van der Waals surface area contributed by atoms with Gasteiger partial charge in [0.1, 0.15) is 11.5 Å². The Morgan fingerprint density at radius 3 is 2.20 bits per heavy atom. The average Bonchev–Trinajstić information content (AvgIpc) is 2.62. The smallest absolute Gasteiger partial charge is 0.293 e. The Morgan fingerprint density at radius 1 is 1.04 bits per heavy atom. The number of anilines is 2. The summed E-state index contributed by atoms with van der Waals surface area (Å²) in [7, 11) is 0. The Morgan fingerprint density at radius 2 is 1.64 bits per heavy atom. The molecule has 25 heavy (non-hydrogen) atoms. The molecule has 0 amide bonds. The van der Waals surface area contributed by atoms with Crippen molar-refractivity contribution < 1.29 is 14.1 Å². The highest BCUT2D eigenvalue weighted by Crippen LogP contribution is 2.31. The van der Waals surface area contributed by atoms with E-state index in [1.165, 1.54) is 25.1 Å². The maximum absolute atomic E-state index is 13.0.